The first-order chi connectivity index (χ1) is 18.1. The SMILES string of the molecule is C=CCOC(=O)Nc1cc(OCCCCCC(O)OCC(Cl)(Cl)Cl)c(OC)cc1C(=O)N1CCC[C@H]1CO. The van der Waals surface area contributed by atoms with Gasteiger partial charge in [-0.05, 0) is 44.6 Å². The van der Waals surface area contributed by atoms with E-state index in [-0.39, 0.29) is 43.0 Å². The van der Waals surface area contributed by atoms with E-state index in [1.807, 2.05) is 0 Å². The minimum Gasteiger partial charge on any atom is -0.493 e. The fourth-order valence-electron chi connectivity index (χ4n) is 3.89. The number of hydrogen-bond donors (Lipinski definition) is 3. The van der Waals surface area contributed by atoms with Crippen LogP contribution in [0.2, 0.25) is 0 Å². The van der Waals surface area contributed by atoms with Crippen LogP contribution in [0.4, 0.5) is 10.5 Å². The molecule has 3 N–H and O–H groups in total. The van der Waals surface area contributed by atoms with Gasteiger partial charge in [-0.1, -0.05) is 47.5 Å². The molecule has 2 amide bonds. The Morgan fingerprint density at radius 3 is 2.68 bits per heavy atom. The van der Waals surface area contributed by atoms with Crippen molar-refractivity contribution in [3.63, 3.8) is 0 Å². The lowest BCUT2D eigenvalue weighted by atomic mass is 10.1. The molecule has 2 atom stereocenters. The minimum absolute atomic E-state index is 0.00241. The number of alkyl halides is 3. The van der Waals surface area contributed by atoms with E-state index in [1.165, 1.54) is 25.3 Å². The maximum absolute atomic E-state index is 13.4. The van der Waals surface area contributed by atoms with Crippen LogP contribution in [0.3, 0.4) is 0 Å². The number of nitrogens with zero attached hydrogens (tertiary/aromatic N) is 1. The molecule has 0 radical (unpaired) electrons. The predicted molar refractivity (Wildman–Crippen MR) is 146 cm³/mol. The van der Waals surface area contributed by atoms with Crippen molar-refractivity contribution in [3.8, 4) is 11.5 Å². The van der Waals surface area contributed by atoms with Gasteiger partial charge in [0.25, 0.3) is 5.91 Å². The highest BCUT2D eigenvalue weighted by Gasteiger charge is 2.31. The van der Waals surface area contributed by atoms with Crippen molar-refractivity contribution in [3.05, 3.63) is 30.4 Å². The van der Waals surface area contributed by atoms with Gasteiger partial charge < -0.3 is 34.1 Å². The molecule has 1 heterocycles. The van der Waals surface area contributed by atoms with Crippen LogP contribution in [0.15, 0.2) is 24.8 Å². The van der Waals surface area contributed by atoms with Gasteiger partial charge in [-0.25, -0.2) is 4.79 Å². The zero-order chi connectivity index (χ0) is 28.1. The minimum atomic E-state index is -1.58. The summed E-state index contributed by atoms with van der Waals surface area (Å²) in [5.74, 6) is 0.295. The summed E-state index contributed by atoms with van der Waals surface area (Å²) >= 11 is 16.8. The van der Waals surface area contributed by atoms with E-state index < -0.39 is 16.2 Å². The van der Waals surface area contributed by atoms with Crippen molar-refractivity contribution in [1.82, 2.24) is 4.90 Å². The molecule has 1 aliphatic heterocycles. The number of rotatable bonds is 15. The summed E-state index contributed by atoms with van der Waals surface area (Å²) in [6.45, 7) is 3.96. The van der Waals surface area contributed by atoms with E-state index in [9.17, 15) is 19.8 Å². The zero-order valence-electron chi connectivity index (χ0n) is 21.3. The van der Waals surface area contributed by atoms with Crippen molar-refractivity contribution in [1.29, 1.82) is 0 Å². The molecule has 0 aromatic heterocycles. The van der Waals surface area contributed by atoms with Crippen molar-refractivity contribution < 1.29 is 38.7 Å². The first-order valence-electron chi connectivity index (χ1n) is 12.3. The average molecular weight is 598 g/mol. The maximum atomic E-state index is 13.4. The number of aliphatic hydroxyl groups is 2. The summed E-state index contributed by atoms with van der Waals surface area (Å²) in [6, 6.07) is 2.72. The quantitative estimate of drug-likeness (QED) is 0.115. The molecule has 1 aromatic carbocycles. The van der Waals surface area contributed by atoms with Crippen LogP contribution in [0.1, 0.15) is 48.9 Å². The van der Waals surface area contributed by atoms with Crippen molar-refractivity contribution in [2.75, 3.05) is 45.4 Å². The summed E-state index contributed by atoms with van der Waals surface area (Å²) in [5.41, 5.74) is 0.381. The lowest BCUT2D eigenvalue weighted by molar-refractivity contribution is -0.102. The van der Waals surface area contributed by atoms with Crippen molar-refractivity contribution in [2.45, 2.75) is 54.6 Å². The smallest absolute Gasteiger partial charge is 0.411 e. The van der Waals surface area contributed by atoms with Gasteiger partial charge in [0.1, 0.15) is 6.61 Å². The van der Waals surface area contributed by atoms with Crippen molar-refractivity contribution in [2.24, 2.45) is 0 Å². The summed E-state index contributed by atoms with van der Waals surface area (Å²) in [7, 11) is 1.45. The average Bonchev–Trinajstić information content (AvgIpc) is 3.36. The number of carbonyl (C=O) groups excluding carboxylic acids is 2. The third kappa shape index (κ3) is 10.7. The summed E-state index contributed by atoms with van der Waals surface area (Å²) < 4.78 is 19.9. The largest absolute Gasteiger partial charge is 0.493 e. The van der Waals surface area contributed by atoms with Gasteiger partial charge in [0.2, 0.25) is 3.79 Å². The number of hydrogen-bond acceptors (Lipinski definition) is 8. The number of aliphatic hydroxyl groups excluding tert-OH is 2. The highest BCUT2D eigenvalue weighted by Crippen LogP contribution is 2.36. The number of unbranched alkanes of at least 4 members (excludes halogenated alkanes) is 2. The number of benzene rings is 1. The maximum Gasteiger partial charge on any atom is 0.411 e. The first-order valence-corrected chi connectivity index (χ1v) is 13.4. The lowest BCUT2D eigenvalue weighted by Crippen LogP contribution is -2.38. The third-order valence-electron chi connectivity index (χ3n) is 5.74. The monoisotopic (exact) mass is 596 g/mol. The molecule has 1 aliphatic rings. The number of anilines is 1. The molecule has 2 rings (SSSR count). The number of carbonyl (C=O) groups is 2. The Morgan fingerprint density at radius 2 is 2.03 bits per heavy atom. The van der Waals surface area contributed by atoms with Gasteiger partial charge in [0.15, 0.2) is 17.8 Å². The molecule has 0 bridgehead atoms. The molecule has 10 nitrogen and oxygen atoms in total. The van der Waals surface area contributed by atoms with Crippen LogP contribution in [0.25, 0.3) is 0 Å². The van der Waals surface area contributed by atoms with Crippen LogP contribution in [-0.4, -0.2) is 83.3 Å². The van der Waals surface area contributed by atoms with Crippen LogP contribution >= 0.6 is 34.8 Å². The first kappa shape index (κ1) is 32.3. The third-order valence-corrected chi connectivity index (χ3v) is 6.07. The van der Waals surface area contributed by atoms with Crippen LogP contribution in [-0.2, 0) is 9.47 Å². The number of halogens is 3. The highest BCUT2D eigenvalue weighted by atomic mass is 35.6. The molecule has 1 unspecified atom stereocenters. The van der Waals surface area contributed by atoms with Gasteiger partial charge in [0, 0.05) is 12.6 Å². The molecule has 1 aromatic rings. The molecule has 214 valence electrons. The Kier molecular flexibility index (Phi) is 13.8. The van der Waals surface area contributed by atoms with E-state index in [0.717, 1.165) is 12.8 Å². The normalized spacial score (nSPS) is 16.2. The van der Waals surface area contributed by atoms with E-state index in [2.05, 4.69) is 11.9 Å². The summed E-state index contributed by atoms with van der Waals surface area (Å²) in [5, 5.41) is 22.1. The molecular weight excluding hydrogens is 563 g/mol. The van der Waals surface area contributed by atoms with E-state index in [1.54, 1.807) is 4.90 Å². The van der Waals surface area contributed by atoms with E-state index >= 15 is 0 Å². The highest BCUT2D eigenvalue weighted by molar-refractivity contribution is 6.67. The van der Waals surface area contributed by atoms with Gasteiger partial charge in [0.05, 0.1) is 44.2 Å². The molecule has 0 saturated carbocycles. The fraction of sp³-hybridized carbons (Fsp3) is 0.600. The molecule has 1 saturated heterocycles. The summed E-state index contributed by atoms with van der Waals surface area (Å²) in [4.78, 5) is 27.2. The summed E-state index contributed by atoms with van der Waals surface area (Å²) in [6.07, 6.45) is 3.50. The Bertz CT molecular complexity index is 929. The number of methoxy groups -OCH3 is 1. The fourth-order valence-corrected chi connectivity index (χ4v) is 4.08. The zero-order valence-corrected chi connectivity index (χ0v) is 23.6. The number of nitrogens with one attached hydrogen (secondary N) is 1. The topological polar surface area (TPSA) is 127 Å². The number of ether oxygens (including phenoxy) is 4. The Labute approximate surface area is 237 Å². The van der Waals surface area contributed by atoms with Gasteiger partial charge >= 0.3 is 6.09 Å². The van der Waals surface area contributed by atoms with Gasteiger partial charge in [-0.2, -0.15) is 0 Å². The van der Waals surface area contributed by atoms with Gasteiger partial charge in [-0.3, -0.25) is 10.1 Å². The Balaban J connectivity index is 2.06. The van der Waals surface area contributed by atoms with Crippen LogP contribution in [0.5, 0.6) is 11.5 Å². The predicted octanol–water partition coefficient (Wildman–Crippen LogP) is 4.67. The molecule has 1 fully saturated rings. The second-order valence-corrected chi connectivity index (χ2v) is 11.1. The van der Waals surface area contributed by atoms with Crippen LogP contribution < -0.4 is 14.8 Å². The molecule has 38 heavy (non-hydrogen) atoms. The number of likely N-dealkylation sites (tertiary alicyclic amines) is 1. The Hall–Kier alpha value is -1.95. The Morgan fingerprint density at radius 1 is 1.26 bits per heavy atom. The second kappa shape index (κ2) is 16.2. The molecular formula is C25H35Cl3N2O8. The van der Waals surface area contributed by atoms with Crippen LogP contribution in [0, 0.1) is 0 Å². The second-order valence-electron chi connectivity index (χ2n) is 8.62. The van der Waals surface area contributed by atoms with Crippen molar-refractivity contribution >= 4 is 52.5 Å². The molecule has 0 spiro atoms. The lowest BCUT2D eigenvalue weighted by Gasteiger charge is -2.25. The van der Waals surface area contributed by atoms with E-state index in [0.29, 0.717) is 50.3 Å². The standard InChI is InChI=1S/C25H35Cl3N2O8/c1-3-11-37-24(34)29-19-14-21(36-12-6-4-5-9-22(32)38-16-25(26,27)28)20(35-2)13-18(19)23(33)30-10-7-8-17(30)15-31/h3,13-14,17,22,31-32H,1,4-12,15-16H2,2H3,(H,29,34)/t17-,22?/m0/s1. The van der Waals surface area contributed by atoms with Gasteiger partial charge in [-0.15, -0.1) is 0 Å². The molecule has 13 heteroatoms. The number of amides is 2. The van der Waals surface area contributed by atoms with E-state index in [4.69, 9.17) is 53.8 Å². The molecule has 0 aliphatic carbocycles.